The first-order valence-electron chi connectivity index (χ1n) is 4.95. The van der Waals surface area contributed by atoms with Gasteiger partial charge in [0.1, 0.15) is 17.3 Å². The van der Waals surface area contributed by atoms with Gasteiger partial charge in [0.15, 0.2) is 11.6 Å². The molecule has 0 radical (unpaired) electrons. The van der Waals surface area contributed by atoms with Crippen molar-refractivity contribution in [1.82, 2.24) is 9.97 Å². The predicted octanol–water partition coefficient (Wildman–Crippen LogP) is 2.75. The van der Waals surface area contributed by atoms with Crippen LogP contribution < -0.4 is 5.32 Å². The van der Waals surface area contributed by atoms with Crippen molar-refractivity contribution in [2.45, 2.75) is 13.5 Å². The average Bonchev–Trinajstić information content (AvgIpc) is 2.62. The van der Waals surface area contributed by atoms with Crippen molar-refractivity contribution in [3.63, 3.8) is 0 Å². The highest BCUT2D eigenvalue weighted by atomic mass is 19.1. The molecule has 1 aromatic carbocycles. The summed E-state index contributed by atoms with van der Waals surface area (Å²) < 4.78 is 39.2. The number of aromatic nitrogens is 2. The molecule has 0 aliphatic rings. The minimum Gasteiger partial charge on any atom is -0.375 e. The summed E-state index contributed by atoms with van der Waals surface area (Å²) in [5.41, 5.74) is 0.337. The fraction of sp³-hybridized carbons (Fsp3) is 0.182. The summed E-state index contributed by atoms with van der Waals surface area (Å²) in [5.74, 6) is -2.15. The van der Waals surface area contributed by atoms with Crippen LogP contribution in [0.15, 0.2) is 18.3 Å². The Kier molecular flexibility index (Phi) is 3.03. The van der Waals surface area contributed by atoms with Crippen LogP contribution in [-0.4, -0.2) is 9.97 Å². The Balaban J connectivity index is 2.14. The van der Waals surface area contributed by atoms with E-state index in [9.17, 15) is 13.2 Å². The maximum atomic E-state index is 13.3. The van der Waals surface area contributed by atoms with Crippen LogP contribution in [-0.2, 0) is 6.54 Å². The average molecular weight is 241 g/mol. The fourth-order valence-electron chi connectivity index (χ4n) is 1.46. The van der Waals surface area contributed by atoms with Crippen LogP contribution in [0.25, 0.3) is 0 Å². The fourth-order valence-corrected chi connectivity index (χ4v) is 1.46. The third-order valence-corrected chi connectivity index (χ3v) is 2.22. The Hall–Kier alpha value is -1.98. The third-order valence-electron chi connectivity index (χ3n) is 2.22. The van der Waals surface area contributed by atoms with E-state index >= 15 is 0 Å². The van der Waals surface area contributed by atoms with Crippen LogP contribution >= 0.6 is 0 Å². The van der Waals surface area contributed by atoms with E-state index in [2.05, 4.69) is 15.3 Å². The summed E-state index contributed by atoms with van der Waals surface area (Å²) >= 11 is 0. The third kappa shape index (κ3) is 2.58. The molecule has 0 saturated heterocycles. The number of aromatic amines is 1. The summed E-state index contributed by atoms with van der Waals surface area (Å²) in [6.45, 7) is 1.95. The van der Waals surface area contributed by atoms with E-state index in [4.69, 9.17) is 0 Å². The highest BCUT2D eigenvalue weighted by molar-refractivity contribution is 5.46. The van der Waals surface area contributed by atoms with E-state index < -0.39 is 17.5 Å². The quantitative estimate of drug-likeness (QED) is 0.867. The Morgan fingerprint density at radius 2 is 1.88 bits per heavy atom. The van der Waals surface area contributed by atoms with Gasteiger partial charge in [0.2, 0.25) is 0 Å². The van der Waals surface area contributed by atoms with Gasteiger partial charge in [0, 0.05) is 12.1 Å². The van der Waals surface area contributed by atoms with Crippen LogP contribution in [0.5, 0.6) is 0 Å². The van der Waals surface area contributed by atoms with E-state index in [1.54, 1.807) is 13.1 Å². The second-order valence-corrected chi connectivity index (χ2v) is 3.59. The Labute approximate surface area is 95.7 Å². The van der Waals surface area contributed by atoms with Crippen LogP contribution in [0, 0.1) is 24.4 Å². The number of H-pyrrole nitrogens is 1. The number of anilines is 1. The lowest BCUT2D eigenvalue weighted by atomic mass is 10.2. The molecule has 0 spiro atoms. The number of halogens is 3. The van der Waals surface area contributed by atoms with Crippen LogP contribution in [0.4, 0.5) is 18.9 Å². The molecule has 1 heterocycles. The van der Waals surface area contributed by atoms with E-state index in [0.717, 1.165) is 0 Å². The lowest BCUT2D eigenvalue weighted by Gasteiger charge is -2.07. The van der Waals surface area contributed by atoms with Gasteiger partial charge >= 0.3 is 0 Å². The number of nitrogens with zero attached hydrogens (tertiary/aromatic N) is 1. The van der Waals surface area contributed by atoms with Crippen LogP contribution in [0.1, 0.15) is 11.5 Å². The number of nitrogens with one attached hydrogen (secondary N) is 2. The van der Waals surface area contributed by atoms with Crippen molar-refractivity contribution in [3.05, 3.63) is 47.3 Å². The maximum absolute atomic E-state index is 13.3. The molecule has 0 amide bonds. The maximum Gasteiger partial charge on any atom is 0.152 e. The van der Waals surface area contributed by atoms with E-state index in [1.165, 1.54) is 0 Å². The molecule has 17 heavy (non-hydrogen) atoms. The zero-order chi connectivity index (χ0) is 12.4. The van der Waals surface area contributed by atoms with Crippen molar-refractivity contribution in [2.24, 2.45) is 0 Å². The van der Waals surface area contributed by atoms with Crippen LogP contribution in [0.3, 0.4) is 0 Å². The first-order valence-corrected chi connectivity index (χ1v) is 4.95. The number of rotatable bonds is 3. The second kappa shape index (κ2) is 4.48. The Morgan fingerprint density at radius 1 is 1.24 bits per heavy atom. The number of aryl methyl sites for hydroxylation is 1. The van der Waals surface area contributed by atoms with Crippen molar-refractivity contribution in [2.75, 3.05) is 5.32 Å². The molecule has 0 fully saturated rings. The molecule has 0 aliphatic carbocycles. The number of benzene rings is 1. The van der Waals surface area contributed by atoms with Crippen molar-refractivity contribution in [1.29, 1.82) is 0 Å². The van der Waals surface area contributed by atoms with Gasteiger partial charge in [-0.25, -0.2) is 18.2 Å². The monoisotopic (exact) mass is 241 g/mol. The van der Waals surface area contributed by atoms with E-state index in [0.29, 0.717) is 23.7 Å². The molecule has 3 nitrogen and oxygen atoms in total. The Morgan fingerprint density at radius 3 is 2.41 bits per heavy atom. The molecule has 0 bridgehead atoms. The summed E-state index contributed by atoms with van der Waals surface area (Å²) in [6, 6.07) is 1.26. The van der Waals surface area contributed by atoms with Crippen molar-refractivity contribution in [3.8, 4) is 0 Å². The van der Waals surface area contributed by atoms with E-state index in [-0.39, 0.29) is 12.2 Å². The summed E-state index contributed by atoms with van der Waals surface area (Å²) in [4.78, 5) is 6.85. The molecule has 2 aromatic rings. The molecule has 90 valence electrons. The van der Waals surface area contributed by atoms with Gasteiger partial charge in [0.05, 0.1) is 18.4 Å². The number of hydrogen-bond acceptors (Lipinski definition) is 2. The highest BCUT2D eigenvalue weighted by Crippen LogP contribution is 2.20. The molecular weight excluding hydrogens is 231 g/mol. The Bertz CT molecular complexity index is 514. The zero-order valence-corrected chi connectivity index (χ0v) is 9.02. The van der Waals surface area contributed by atoms with Gasteiger partial charge in [0.25, 0.3) is 0 Å². The topological polar surface area (TPSA) is 40.7 Å². The normalized spacial score (nSPS) is 10.6. The largest absolute Gasteiger partial charge is 0.375 e. The highest BCUT2D eigenvalue weighted by Gasteiger charge is 2.11. The molecule has 0 aliphatic heterocycles. The van der Waals surface area contributed by atoms with E-state index in [1.807, 2.05) is 0 Å². The minimum absolute atomic E-state index is 0.181. The molecular formula is C11H10F3N3. The molecule has 2 rings (SSSR count). The second-order valence-electron chi connectivity index (χ2n) is 3.59. The minimum atomic E-state index is -0.960. The first-order chi connectivity index (χ1) is 8.06. The molecule has 6 heteroatoms. The predicted molar refractivity (Wildman–Crippen MR) is 57.0 cm³/mol. The standard InChI is InChI=1S/C11H10F3N3/c1-6-15-4-8(17-6)5-16-11-9(13)2-7(12)3-10(11)14/h2-4,16H,5H2,1H3,(H,15,17). The molecule has 0 atom stereocenters. The smallest absolute Gasteiger partial charge is 0.152 e. The SMILES string of the molecule is Cc1ncc(CNc2c(F)cc(F)cc2F)[nH]1. The van der Waals surface area contributed by atoms with Crippen LogP contribution in [0.2, 0.25) is 0 Å². The lowest BCUT2D eigenvalue weighted by Crippen LogP contribution is -2.04. The number of hydrogen-bond donors (Lipinski definition) is 2. The first kappa shape index (κ1) is 11.5. The molecule has 0 saturated carbocycles. The van der Waals surface area contributed by atoms with Crippen molar-refractivity contribution >= 4 is 5.69 Å². The number of imidazole rings is 1. The lowest BCUT2D eigenvalue weighted by molar-refractivity contribution is 0.547. The molecule has 2 N–H and O–H groups in total. The zero-order valence-electron chi connectivity index (χ0n) is 9.02. The van der Waals surface area contributed by atoms with Gasteiger partial charge in [-0.1, -0.05) is 0 Å². The van der Waals surface area contributed by atoms with Gasteiger partial charge in [-0.2, -0.15) is 0 Å². The summed E-state index contributed by atoms with van der Waals surface area (Å²) in [5, 5.41) is 2.55. The van der Waals surface area contributed by atoms with Gasteiger partial charge in [-0.3, -0.25) is 0 Å². The molecule has 0 unspecified atom stereocenters. The summed E-state index contributed by atoms with van der Waals surface area (Å²) in [7, 11) is 0. The molecule has 1 aromatic heterocycles. The summed E-state index contributed by atoms with van der Waals surface area (Å²) in [6.07, 6.45) is 1.56. The van der Waals surface area contributed by atoms with Crippen molar-refractivity contribution < 1.29 is 13.2 Å². The van der Waals surface area contributed by atoms with Gasteiger partial charge in [-0.15, -0.1) is 0 Å². The van der Waals surface area contributed by atoms with Gasteiger partial charge in [-0.05, 0) is 6.92 Å². The van der Waals surface area contributed by atoms with Gasteiger partial charge < -0.3 is 10.3 Å².